The third-order valence-corrected chi connectivity index (χ3v) is 14.6. The summed E-state index contributed by atoms with van der Waals surface area (Å²) in [6, 6.07) is 25.7. The van der Waals surface area contributed by atoms with Gasteiger partial charge in [-0.05, 0) is 102 Å². The van der Waals surface area contributed by atoms with Crippen molar-refractivity contribution in [2.45, 2.75) is 110 Å². The van der Waals surface area contributed by atoms with E-state index in [-0.39, 0.29) is 32.4 Å². The lowest BCUT2D eigenvalue weighted by Gasteiger charge is -2.35. The molecule has 2 heterocycles. The highest BCUT2D eigenvalue weighted by molar-refractivity contribution is 7.85. The number of hydrogen-bond donors (Lipinski definition) is 4. The molecule has 0 saturated heterocycles. The van der Waals surface area contributed by atoms with Gasteiger partial charge in [0, 0.05) is 67.0 Å². The van der Waals surface area contributed by atoms with Crippen LogP contribution in [-0.4, -0.2) is 78.1 Å². The summed E-state index contributed by atoms with van der Waals surface area (Å²) in [6.07, 6.45) is 15.0. The maximum Gasteiger partial charge on any atom is 0.303 e. The van der Waals surface area contributed by atoms with Gasteiger partial charge < -0.3 is 20.6 Å². The van der Waals surface area contributed by atoms with Crippen LogP contribution in [0.3, 0.4) is 0 Å². The molecule has 4 aromatic rings. The number of carbonyl (C=O) groups excluding carboxylic acids is 2. The number of aliphatic carboxylic acids is 1. The maximum absolute atomic E-state index is 14.8. The SMILES string of the molecule is CCCCN1C(=CC=C2C=C(C=CC3=[N+](CCC)c4ccc5ccccc5c4C3(C)C)CC(C(=O)NCCCCCC(=O)O)(C(=O)NCCS(=O)(=O)O)C2)C(C)(C)c2c1ccc1ccccc21. The van der Waals surface area contributed by atoms with E-state index in [9.17, 15) is 27.4 Å². The van der Waals surface area contributed by atoms with E-state index in [1.807, 2.05) is 12.2 Å². The highest BCUT2D eigenvalue weighted by atomic mass is 32.2. The molecule has 4 aromatic carbocycles. The Morgan fingerprint density at radius 1 is 0.746 bits per heavy atom. The first-order chi connectivity index (χ1) is 31.9. The van der Waals surface area contributed by atoms with Crippen LogP contribution in [0.25, 0.3) is 21.5 Å². The van der Waals surface area contributed by atoms with Crippen molar-refractivity contribution in [2.24, 2.45) is 5.41 Å². The van der Waals surface area contributed by atoms with Crippen molar-refractivity contribution >= 4 is 66.5 Å². The van der Waals surface area contributed by atoms with Crippen LogP contribution in [0.2, 0.25) is 0 Å². The Kier molecular flexibility index (Phi) is 14.8. The van der Waals surface area contributed by atoms with Crippen LogP contribution in [0.4, 0.5) is 11.4 Å². The minimum atomic E-state index is -4.41. The van der Waals surface area contributed by atoms with E-state index in [1.54, 1.807) is 0 Å². The smallest absolute Gasteiger partial charge is 0.303 e. The second-order valence-corrected chi connectivity index (χ2v) is 21.0. The van der Waals surface area contributed by atoms with Gasteiger partial charge in [0.05, 0.1) is 11.2 Å². The van der Waals surface area contributed by atoms with Crippen molar-refractivity contribution in [2.75, 3.05) is 36.8 Å². The van der Waals surface area contributed by atoms with E-state index in [4.69, 9.17) is 5.11 Å². The molecule has 0 aromatic heterocycles. The molecule has 1 unspecified atom stereocenters. The molecule has 0 fully saturated rings. The number of benzene rings is 4. The number of carbonyl (C=O) groups is 3. The molecular weight excluding hydrogens is 861 g/mol. The topological polar surface area (TPSA) is 156 Å². The van der Waals surface area contributed by atoms with E-state index in [0.717, 1.165) is 60.6 Å². The zero-order valence-corrected chi connectivity index (χ0v) is 40.8. The van der Waals surface area contributed by atoms with Crippen molar-refractivity contribution in [3.05, 3.63) is 131 Å². The standard InChI is InChI=1S/C55H66N4O7S/c1-7-9-33-59-45-27-25-41-18-13-15-20-43(41)50(45)54(5,6)47(59)29-23-39-35-38(22-28-46-53(3,4)49-42-19-14-12-17-40(42)24-26-44(49)58(46)32-8-2)36-55(37-39,52(63)57-31-34-67(64,65)66)51(62)56-30-16-10-11-21-48(60)61/h12-15,17-20,22-29,35H,7-11,16,21,30-34,36-37H2,1-6H3,(H3-,56,57,60,61,62,63,64,65,66)/p+1. The number of hydrogen-bond acceptors (Lipinski definition) is 6. The third-order valence-electron chi connectivity index (χ3n) is 13.9. The van der Waals surface area contributed by atoms with E-state index in [1.165, 1.54) is 38.4 Å². The second-order valence-electron chi connectivity index (χ2n) is 19.4. The molecule has 2 amide bonds. The Morgan fingerprint density at radius 2 is 1.40 bits per heavy atom. The molecule has 0 bridgehead atoms. The van der Waals surface area contributed by atoms with Crippen molar-refractivity contribution in [1.82, 2.24) is 10.6 Å². The van der Waals surface area contributed by atoms with Crippen LogP contribution in [0, 0.1) is 5.41 Å². The van der Waals surface area contributed by atoms with Gasteiger partial charge in [-0.2, -0.15) is 13.0 Å². The van der Waals surface area contributed by atoms with Crippen molar-refractivity contribution in [3.63, 3.8) is 0 Å². The number of fused-ring (bicyclic) bond motifs is 6. The summed E-state index contributed by atoms with van der Waals surface area (Å²) in [5.74, 6) is -2.72. The molecule has 4 N–H and O–H groups in total. The quantitative estimate of drug-likeness (QED) is 0.0314. The van der Waals surface area contributed by atoms with E-state index in [2.05, 4.69) is 153 Å². The van der Waals surface area contributed by atoms with Gasteiger partial charge in [-0.25, -0.2) is 0 Å². The minimum Gasteiger partial charge on any atom is -0.481 e. The monoisotopic (exact) mass is 927 g/mol. The number of anilines is 1. The highest BCUT2D eigenvalue weighted by Gasteiger charge is 2.49. The predicted molar refractivity (Wildman–Crippen MR) is 270 cm³/mol. The Balaban J connectivity index is 1.35. The molecule has 11 nitrogen and oxygen atoms in total. The molecule has 67 heavy (non-hydrogen) atoms. The van der Waals surface area contributed by atoms with Gasteiger partial charge in [0.25, 0.3) is 10.1 Å². The van der Waals surface area contributed by atoms with Gasteiger partial charge in [-0.1, -0.05) is 113 Å². The van der Waals surface area contributed by atoms with Gasteiger partial charge in [0.1, 0.15) is 12.0 Å². The van der Waals surface area contributed by atoms with Gasteiger partial charge in [-0.3, -0.25) is 18.9 Å². The van der Waals surface area contributed by atoms with Crippen LogP contribution < -0.4 is 15.5 Å². The molecule has 3 aliphatic rings. The second kappa shape index (κ2) is 20.2. The number of nitrogens with zero attached hydrogens (tertiary/aromatic N) is 2. The van der Waals surface area contributed by atoms with Gasteiger partial charge in [0.2, 0.25) is 17.5 Å². The number of unbranched alkanes of at least 4 members (excludes halogenated alkanes) is 3. The number of amides is 2. The summed E-state index contributed by atoms with van der Waals surface area (Å²) >= 11 is 0. The Hall–Kier alpha value is -5.85. The lowest BCUT2D eigenvalue weighted by Crippen LogP contribution is -2.53. The van der Waals surface area contributed by atoms with Crippen LogP contribution in [-0.2, 0) is 35.3 Å². The number of carboxylic acids is 1. The van der Waals surface area contributed by atoms with Crippen LogP contribution in [0.5, 0.6) is 0 Å². The Labute approximate surface area is 396 Å². The maximum atomic E-state index is 14.8. The molecule has 0 saturated carbocycles. The first-order valence-corrected chi connectivity index (χ1v) is 25.5. The molecule has 1 aliphatic carbocycles. The zero-order valence-electron chi connectivity index (χ0n) is 40.0. The molecule has 354 valence electrons. The summed E-state index contributed by atoms with van der Waals surface area (Å²) in [5.41, 5.74) is 6.06. The molecule has 0 spiro atoms. The van der Waals surface area contributed by atoms with E-state index >= 15 is 0 Å². The largest absolute Gasteiger partial charge is 0.481 e. The number of carboxylic acid groups (broad SMARTS) is 1. The van der Waals surface area contributed by atoms with Gasteiger partial charge in [-0.15, -0.1) is 0 Å². The summed E-state index contributed by atoms with van der Waals surface area (Å²) in [7, 11) is -4.41. The summed E-state index contributed by atoms with van der Waals surface area (Å²) in [6.45, 7) is 14.8. The Bertz CT molecular complexity index is 2850. The van der Waals surface area contributed by atoms with Crippen molar-refractivity contribution < 1.29 is 37.0 Å². The van der Waals surface area contributed by atoms with E-state index < -0.39 is 49.9 Å². The lowest BCUT2D eigenvalue weighted by atomic mass is 9.70. The normalized spacial score (nSPS) is 19.9. The zero-order chi connectivity index (χ0) is 48.1. The predicted octanol–water partition coefficient (Wildman–Crippen LogP) is 10.2. The molecular formula is C55H67N4O7S+. The molecule has 1 atom stereocenters. The highest BCUT2D eigenvalue weighted by Crippen LogP contribution is 2.51. The lowest BCUT2D eigenvalue weighted by molar-refractivity contribution is -0.437. The first-order valence-electron chi connectivity index (χ1n) is 23.9. The number of rotatable bonds is 19. The van der Waals surface area contributed by atoms with Crippen molar-refractivity contribution in [1.29, 1.82) is 0 Å². The van der Waals surface area contributed by atoms with E-state index in [0.29, 0.717) is 19.3 Å². The summed E-state index contributed by atoms with van der Waals surface area (Å²) in [5, 5.41) is 19.6. The number of allylic oxidation sites excluding steroid dienone is 8. The average molecular weight is 928 g/mol. The molecule has 12 heteroatoms. The summed E-state index contributed by atoms with van der Waals surface area (Å²) < 4.78 is 35.6. The number of nitrogens with one attached hydrogen (secondary N) is 2. The molecule has 7 rings (SSSR count). The molecule has 0 radical (unpaired) electrons. The third kappa shape index (κ3) is 10.2. The summed E-state index contributed by atoms with van der Waals surface area (Å²) in [4.78, 5) is 43.1. The fourth-order valence-electron chi connectivity index (χ4n) is 10.6. The van der Waals surface area contributed by atoms with Gasteiger partial charge >= 0.3 is 5.97 Å². The molecule has 2 aliphatic heterocycles. The van der Waals surface area contributed by atoms with Crippen LogP contribution in [0.15, 0.2) is 120 Å². The Morgan fingerprint density at radius 3 is 2.06 bits per heavy atom. The fourth-order valence-corrected chi connectivity index (χ4v) is 11.0. The van der Waals surface area contributed by atoms with Crippen LogP contribution >= 0.6 is 0 Å². The van der Waals surface area contributed by atoms with Crippen molar-refractivity contribution in [3.8, 4) is 0 Å². The fraction of sp³-hybridized carbons (Fsp3) is 0.418. The van der Waals surface area contributed by atoms with Gasteiger partial charge in [0.15, 0.2) is 5.71 Å². The minimum absolute atomic E-state index is 0.0268. The first kappa shape index (κ1) is 49.1. The average Bonchev–Trinajstić information content (AvgIpc) is 3.65. The van der Waals surface area contributed by atoms with Crippen LogP contribution in [0.1, 0.15) is 110 Å².